The van der Waals surface area contributed by atoms with Crippen molar-refractivity contribution in [3.63, 3.8) is 0 Å². The summed E-state index contributed by atoms with van der Waals surface area (Å²) >= 11 is 1.92. The first-order valence-corrected chi connectivity index (χ1v) is 8.80. The highest BCUT2D eigenvalue weighted by Crippen LogP contribution is 2.10. The van der Waals surface area contributed by atoms with E-state index in [2.05, 4.69) is 17.6 Å². The predicted octanol–water partition coefficient (Wildman–Crippen LogP) is 2.76. The van der Waals surface area contributed by atoms with Crippen LogP contribution in [0.3, 0.4) is 0 Å². The molecule has 0 aromatic rings. The number of carbonyl (C=O) groups excluding carboxylic acids is 2. The van der Waals surface area contributed by atoms with E-state index in [1.54, 1.807) is 0 Å². The van der Waals surface area contributed by atoms with Crippen LogP contribution in [0.2, 0.25) is 0 Å². The fraction of sp³-hybridized carbons (Fsp3) is 0.625. The van der Waals surface area contributed by atoms with Crippen LogP contribution in [0.1, 0.15) is 46.0 Å². The molecule has 0 heterocycles. The van der Waals surface area contributed by atoms with Crippen molar-refractivity contribution < 1.29 is 9.59 Å². The van der Waals surface area contributed by atoms with E-state index in [1.807, 2.05) is 30.0 Å². The lowest BCUT2D eigenvalue weighted by molar-refractivity contribution is -0.121. The minimum Gasteiger partial charge on any atom is -0.350 e. The van der Waals surface area contributed by atoms with E-state index in [0.29, 0.717) is 6.42 Å². The standard InChI is InChI=1S/C16H26N2O2S/c1-3-4-11-21-12-5-6-16(20)18-15-9-7-14(8-10-15)17-13(2)19/h7,9-10,14H,3-6,8,11-12H2,1-2H3,(H,17,19)(H,18,20). The molecule has 0 aromatic heterocycles. The molecule has 118 valence electrons. The lowest BCUT2D eigenvalue weighted by Gasteiger charge is -2.17. The van der Waals surface area contributed by atoms with Crippen LogP contribution < -0.4 is 10.6 Å². The number of carbonyl (C=O) groups is 2. The molecule has 1 atom stereocenters. The van der Waals surface area contributed by atoms with Gasteiger partial charge in [0.2, 0.25) is 11.8 Å². The van der Waals surface area contributed by atoms with E-state index in [9.17, 15) is 9.59 Å². The van der Waals surface area contributed by atoms with Gasteiger partial charge in [0.25, 0.3) is 0 Å². The quantitative estimate of drug-likeness (QED) is 0.644. The van der Waals surface area contributed by atoms with Gasteiger partial charge in [-0.1, -0.05) is 25.5 Å². The summed E-state index contributed by atoms with van der Waals surface area (Å²) in [6.07, 6.45) is 10.4. The van der Waals surface area contributed by atoms with Crippen LogP contribution >= 0.6 is 11.8 Å². The molecule has 0 aromatic carbocycles. The molecular weight excluding hydrogens is 284 g/mol. The summed E-state index contributed by atoms with van der Waals surface area (Å²) in [7, 11) is 0. The number of allylic oxidation sites excluding steroid dienone is 1. The fourth-order valence-corrected chi connectivity index (χ4v) is 3.03. The molecule has 0 saturated carbocycles. The first-order valence-electron chi connectivity index (χ1n) is 7.65. The third kappa shape index (κ3) is 8.60. The second-order valence-electron chi connectivity index (χ2n) is 5.18. The van der Waals surface area contributed by atoms with Gasteiger partial charge in [-0.3, -0.25) is 9.59 Å². The zero-order valence-electron chi connectivity index (χ0n) is 13.0. The molecule has 0 saturated heterocycles. The van der Waals surface area contributed by atoms with Gasteiger partial charge in [-0.05, 0) is 36.8 Å². The van der Waals surface area contributed by atoms with E-state index in [4.69, 9.17) is 0 Å². The zero-order chi connectivity index (χ0) is 15.5. The van der Waals surface area contributed by atoms with Crippen molar-refractivity contribution >= 4 is 23.6 Å². The number of unbranched alkanes of at least 4 members (excludes halogenated alkanes) is 1. The molecule has 1 aliphatic carbocycles. The molecule has 4 nitrogen and oxygen atoms in total. The van der Waals surface area contributed by atoms with E-state index in [1.165, 1.54) is 25.5 Å². The van der Waals surface area contributed by atoms with E-state index < -0.39 is 0 Å². The molecular formula is C16H26N2O2S. The van der Waals surface area contributed by atoms with E-state index >= 15 is 0 Å². The average molecular weight is 310 g/mol. The Labute approximate surface area is 131 Å². The van der Waals surface area contributed by atoms with Crippen molar-refractivity contribution in [2.45, 2.75) is 52.0 Å². The van der Waals surface area contributed by atoms with E-state index in [0.717, 1.165) is 24.3 Å². The van der Waals surface area contributed by atoms with Gasteiger partial charge in [-0.2, -0.15) is 11.8 Å². The second kappa shape index (κ2) is 10.5. The summed E-state index contributed by atoms with van der Waals surface area (Å²) in [5.41, 5.74) is 0.834. The maximum Gasteiger partial charge on any atom is 0.224 e. The molecule has 2 amide bonds. The van der Waals surface area contributed by atoms with Crippen molar-refractivity contribution in [2.24, 2.45) is 0 Å². The predicted molar refractivity (Wildman–Crippen MR) is 89.1 cm³/mol. The summed E-state index contributed by atoms with van der Waals surface area (Å²) in [4.78, 5) is 22.7. The van der Waals surface area contributed by atoms with Crippen LogP contribution in [0, 0.1) is 0 Å². The van der Waals surface area contributed by atoms with Crippen LogP contribution in [0.4, 0.5) is 0 Å². The van der Waals surface area contributed by atoms with Crippen LogP contribution in [-0.4, -0.2) is 29.4 Å². The molecule has 0 spiro atoms. The minimum absolute atomic E-state index is 0.0360. The van der Waals surface area contributed by atoms with Crippen molar-refractivity contribution in [2.75, 3.05) is 11.5 Å². The van der Waals surface area contributed by atoms with Gasteiger partial charge < -0.3 is 10.6 Å². The van der Waals surface area contributed by atoms with Crippen molar-refractivity contribution in [3.8, 4) is 0 Å². The molecule has 0 fully saturated rings. The van der Waals surface area contributed by atoms with Gasteiger partial charge in [-0.25, -0.2) is 0 Å². The molecule has 21 heavy (non-hydrogen) atoms. The Balaban J connectivity index is 2.14. The highest BCUT2D eigenvalue weighted by Gasteiger charge is 2.10. The Morgan fingerprint density at radius 2 is 2.10 bits per heavy atom. The maximum atomic E-state index is 11.8. The van der Waals surface area contributed by atoms with Gasteiger partial charge in [-0.15, -0.1) is 0 Å². The Morgan fingerprint density at radius 3 is 2.71 bits per heavy atom. The number of hydrogen-bond donors (Lipinski definition) is 2. The molecule has 0 aliphatic heterocycles. The van der Waals surface area contributed by atoms with Gasteiger partial charge in [0.15, 0.2) is 0 Å². The summed E-state index contributed by atoms with van der Waals surface area (Å²) in [6, 6.07) is 0.0399. The Morgan fingerprint density at radius 1 is 1.33 bits per heavy atom. The first kappa shape index (κ1) is 17.8. The smallest absolute Gasteiger partial charge is 0.224 e. The molecule has 1 unspecified atom stereocenters. The third-order valence-corrected chi connectivity index (χ3v) is 4.26. The highest BCUT2D eigenvalue weighted by atomic mass is 32.2. The monoisotopic (exact) mass is 310 g/mol. The zero-order valence-corrected chi connectivity index (χ0v) is 13.8. The Hall–Kier alpha value is -1.23. The number of nitrogens with one attached hydrogen (secondary N) is 2. The topological polar surface area (TPSA) is 58.2 Å². The third-order valence-electron chi connectivity index (χ3n) is 3.11. The van der Waals surface area contributed by atoms with Gasteiger partial charge >= 0.3 is 0 Å². The molecule has 0 radical (unpaired) electrons. The van der Waals surface area contributed by atoms with Crippen LogP contribution in [0.25, 0.3) is 0 Å². The molecule has 1 rings (SSSR count). The first-order chi connectivity index (χ1) is 10.1. The van der Waals surface area contributed by atoms with Crippen molar-refractivity contribution in [3.05, 3.63) is 23.9 Å². The SMILES string of the molecule is CCCCSCCCC(=O)NC1=CCC(NC(C)=O)C=C1. The van der Waals surface area contributed by atoms with Crippen LogP contribution in [-0.2, 0) is 9.59 Å². The van der Waals surface area contributed by atoms with Gasteiger partial charge in [0.05, 0.1) is 6.04 Å². The Bertz CT molecular complexity index is 405. The van der Waals surface area contributed by atoms with Crippen LogP contribution in [0.5, 0.6) is 0 Å². The maximum absolute atomic E-state index is 11.8. The summed E-state index contributed by atoms with van der Waals surface area (Å²) in [5, 5.41) is 5.74. The fourth-order valence-electron chi connectivity index (χ4n) is 1.99. The minimum atomic E-state index is -0.0360. The average Bonchev–Trinajstić information content (AvgIpc) is 2.44. The van der Waals surface area contributed by atoms with Crippen molar-refractivity contribution in [1.29, 1.82) is 0 Å². The second-order valence-corrected chi connectivity index (χ2v) is 6.40. The number of amides is 2. The van der Waals surface area contributed by atoms with Crippen LogP contribution in [0.15, 0.2) is 23.9 Å². The highest BCUT2D eigenvalue weighted by molar-refractivity contribution is 7.99. The molecule has 5 heteroatoms. The van der Waals surface area contributed by atoms with Crippen molar-refractivity contribution in [1.82, 2.24) is 10.6 Å². The summed E-state index contributed by atoms with van der Waals surface area (Å²) in [5.74, 6) is 2.27. The normalized spacial score (nSPS) is 17.2. The Kier molecular flexibility index (Phi) is 8.90. The van der Waals surface area contributed by atoms with Gasteiger partial charge in [0, 0.05) is 19.0 Å². The van der Waals surface area contributed by atoms with Gasteiger partial charge in [0.1, 0.15) is 0 Å². The number of hydrogen-bond acceptors (Lipinski definition) is 3. The summed E-state index contributed by atoms with van der Waals surface area (Å²) in [6.45, 7) is 3.70. The summed E-state index contributed by atoms with van der Waals surface area (Å²) < 4.78 is 0. The molecule has 1 aliphatic rings. The molecule has 2 N–H and O–H groups in total. The molecule has 0 bridgehead atoms. The lowest BCUT2D eigenvalue weighted by Crippen LogP contribution is -2.33. The largest absolute Gasteiger partial charge is 0.350 e. The van der Waals surface area contributed by atoms with E-state index in [-0.39, 0.29) is 17.9 Å². The number of rotatable bonds is 9. The number of thioether (sulfide) groups is 1. The lowest BCUT2D eigenvalue weighted by atomic mass is 10.1.